The summed E-state index contributed by atoms with van der Waals surface area (Å²) < 4.78 is 0. The van der Waals surface area contributed by atoms with Gasteiger partial charge >= 0.3 is 0 Å². The fraction of sp³-hybridized carbons (Fsp3) is 0.150. The topological polar surface area (TPSA) is 84.2 Å². The van der Waals surface area contributed by atoms with Gasteiger partial charge in [-0.1, -0.05) is 50.2 Å². The zero-order chi connectivity index (χ0) is 19.1. The van der Waals surface area contributed by atoms with Gasteiger partial charge in [-0.15, -0.1) is 0 Å². The summed E-state index contributed by atoms with van der Waals surface area (Å²) in [6.45, 7) is 4.26. The van der Waals surface area contributed by atoms with Crippen molar-refractivity contribution in [2.75, 3.05) is 5.32 Å². The number of nitrogens with two attached hydrogens (primary N) is 1. The molecule has 2 aromatic rings. The van der Waals surface area contributed by atoms with E-state index in [0.29, 0.717) is 17.2 Å². The number of nitrogens with one attached hydrogen (secondary N) is 2. The number of carbonyl (C=O) groups is 2. The molecule has 0 unspecified atom stereocenters. The van der Waals surface area contributed by atoms with Crippen LogP contribution < -0.4 is 16.4 Å². The number of benzene rings is 2. The molecular weight excluding hydrogens is 346 g/mol. The zero-order valence-electron chi connectivity index (χ0n) is 14.7. The second kappa shape index (κ2) is 8.92. The first-order chi connectivity index (χ1) is 12.4. The van der Waals surface area contributed by atoms with Crippen LogP contribution >= 0.6 is 12.2 Å². The van der Waals surface area contributed by atoms with Crippen molar-refractivity contribution < 1.29 is 9.59 Å². The van der Waals surface area contributed by atoms with E-state index < -0.39 is 5.91 Å². The van der Waals surface area contributed by atoms with Crippen molar-refractivity contribution in [1.82, 2.24) is 5.32 Å². The molecule has 0 fully saturated rings. The van der Waals surface area contributed by atoms with Crippen LogP contribution in [0.3, 0.4) is 0 Å². The van der Waals surface area contributed by atoms with Gasteiger partial charge in [0, 0.05) is 6.08 Å². The molecule has 6 heteroatoms. The Kier molecular flexibility index (Phi) is 6.63. The highest BCUT2D eigenvalue weighted by Crippen LogP contribution is 2.15. The van der Waals surface area contributed by atoms with Gasteiger partial charge in [0.25, 0.3) is 5.91 Å². The third-order valence-electron chi connectivity index (χ3n) is 3.71. The second-order valence-electron chi connectivity index (χ2n) is 6.01. The maximum Gasteiger partial charge on any atom is 0.250 e. The summed E-state index contributed by atoms with van der Waals surface area (Å²) in [4.78, 5) is 23.4. The van der Waals surface area contributed by atoms with Gasteiger partial charge in [0.15, 0.2) is 5.11 Å². The van der Waals surface area contributed by atoms with Gasteiger partial charge in [0.2, 0.25) is 5.91 Å². The SMILES string of the molecule is CC(C)c1ccc(C=CC(=O)NC(=S)Nc2ccccc2C(N)=O)cc1. The number of hydrogen-bond acceptors (Lipinski definition) is 3. The van der Waals surface area contributed by atoms with Crippen molar-refractivity contribution in [3.8, 4) is 0 Å². The highest BCUT2D eigenvalue weighted by molar-refractivity contribution is 7.80. The lowest BCUT2D eigenvalue weighted by Gasteiger charge is -2.10. The van der Waals surface area contributed by atoms with E-state index in [1.54, 1.807) is 30.3 Å². The number of para-hydroxylation sites is 1. The third kappa shape index (κ3) is 5.53. The van der Waals surface area contributed by atoms with E-state index in [4.69, 9.17) is 18.0 Å². The fourth-order valence-corrected chi connectivity index (χ4v) is 2.49. The normalized spacial score (nSPS) is 10.7. The Morgan fingerprint density at radius 3 is 2.35 bits per heavy atom. The Bertz CT molecular complexity index is 842. The van der Waals surface area contributed by atoms with Crippen molar-refractivity contribution in [1.29, 1.82) is 0 Å². The van der Waals surface area contributed by atoms with E-state index in [9.17, 15) is 9.59 Å². The molecule has 0 aliphatic heterocycles. The number of rotatable bonds is 5. The quantitative estimate of drug-likeness (QED) is 0.558. The molecule has 0 radical (unpaired) electrons. The van der Waals surface area contributed by atoms with Crippen molar-refractivity contribution in [3.63, 3.8) is 0 Å². The number of primary amides is 1. The summed E-state index contributed by atoms with van der Waals surface area (Å²) in [6, 6.07) is 14.7. The molecule has 0 bridgehead atoms. The molecule has 26 heavy (non-hydrogen) atoms. The van der Waals surface area contributed by atoms with Crippen LogP contribution in [0.1, 0.15) is 41.3 Å². The molecule has 0 spiro atoms. The highest BCUT2D eigenvalue weighted by atomic mass is 32.1. The summed E-state index contributed by atoms with van der Waals surface area (Å²) in [5.41, 5.74) is 8.21. The molecule has 5 nitrogen and oxygen atoms in total. The van der Waals surface area contributed by atoms with Gasteiger partial charge < -0.3 is 11.1 Å². The minimum atomic E-state index is -0.577. The van der Waals surface area contributed by atoms with Crippen molar-refractivity contribution >= 4 is 40.9 Å². The Hall–Kier alpha value is -2.99. The minimum Gasteiger partial charge on any atom is -0.366 e. The molecule has 0 saturated heterocycles. The first-order valence-electron chi connectivity index (χ1n) is 8.15. The number of carbonyl (C=O) groups excluding carboxylic acids is 2. The Balaban J connectivity index is 1.95. The number of anilines is 1. The van der Waals surface area contributed by atoms with Gasteiger partial charge in [-0.2, -0.15) is 0 Å². The lowest BCUT2D eigenvalue weighted by molar-refractivity contribution is -0.115. The molecule has 0 aromatic heterocycles. The van der Waals surface area contributed by atoms with E-state index in [-0.39, 0.29) is 11.0 Å². The van der Waals surface area contributed by atoms with Crippen molar-refractivity contribution in [2.45, 2.75) is 19.8 Å². The predicted molar refractivity (Wildman–Crippen MR) is 109 cm³/mol. The van der Waals surface area contributed by atoms with Crippen LogP contribution in [0.4, 0.5) is 5.69 Å². The second-order valence-corrected chi connectivity index (χ2v) is 6.42. The van der Waals surface area contributed by atoms with Crippen LogP contribution in [0.5, 0.6) is 0 Å². The van der Waals surface area contributed by atoms with Crippen LogP contribution in [0.2, 0.25) is 0 Å². The summed E-state index contributed by atoms with van der Waals surface area (Å²) in [5.74, 6) is -0.484. The van der Waals surface area contributed by atoms with Gasteiger partial charge in [-0.05, 0) is 47.5 Å². The van der Waals surface area contributed by atoms with Gasteiger partial charge in [-0.3, -0.25) is 14.9 Å². The lowest BCUT2D eigenvalue weighted by atomic mass is 10.0. The minimum absolute atomic E-state index is 0.0866. The van der Waals surface area contributed by atoms with E-state index in [2.05, 4.69) is 24.5 Å². The summed E-state index contributed by atoms with van der Waals surface area (Å²) in [7, 11) is 0. The first-order valence-corrected chi connectivity index (χ1v) is 8.56. The van der Waals surface area contributed by atoms with Gasteiger partial charge in [-0.25, -0.2) is 0 Å². The Morgan fingerprint density at radius 2 is 1.73 bits per heavy atom. The molecule has 0 saturated carbocycles. The fourth-order valence-electron chi connectivity index (χ4n) is 2.28. The molecule has 0 aliphatic carbocycles. The molecule has 0 aliphatic rings. The van der Waals surface area contributed by atoms with E-state index in [1.807, 2.05) is 24.3 Å². The molecule has 0 heterocycles. The smallest absolute Gasteiger partial charge is 0.250 e. The monoisotopic (exact) mass is 367 g/mol. The summed E-state index contributed by atoms with van der Waals surface area (Å²) in [5, 5.41) is 5.43. The van der Waals surface area contributed by atoms with Crippen LogP contribution in [0, 0.1) is 0 Å². The van der Waals surface area contributed by atoms with Crippen LogP contribution in [-0.4, -0.2) is 16.9 Å². The van der Waals surface area contributed by atoms with Crippen LogP contribution in [0.15, 0.2) is 54.6 Å². The lowest BCUT2D eigenvalue weighted by Crippen LogP contribution is -2.33. The highest BCUT2D eigenvalue weighted by Gasteiger charge is 2.09. The number of amides is 2. The molecule has 134 valence electrons. The number of hydrogen-bond donors (Lipinski definition) is 3. The van der Waals surface area contributed by atoms with E-state index in [1.165, 1.54) is 11.6 Å². The standard InChI is InChI=1S/C20H21N3O2S/c1-13(2)15-10-7-14(8-11-15)9-12-18(24)23-20(26)22-17-6-4-3-5-16(17)19(21)25/h3-13H,1-2H3,(H2,21,25)(H2,22,23,24,26). The third-order valence-corrected chi connectivity index (χ3v) is 3.91. The number of thiocarbonyl (C=S) groups is 1. The molecule has 2 aromatic carbocycles. The largest absolute Gasteiger partial charge is 0.366 e. The Labute approximate surface area is 158 Å². The van der Waals surface area contributed by atoms with E-state index >= 15 is 0 Å². The zero-order valence-corrected chi connectivity index (χ0v) is 15.5. The molecule has 2 amide bonds. The average Bonchev–Trinajstić information content (AvgIpc) is 2.60. The molecule has 0 atom stereocenters. The van der Waals surface area contributed by atoms with Crippen molar-refractivity contribution in [3.05, 3.63) is 71.3 Å². The maximum atomic E-state index is 12.0. The van der Waals surface area contributed by atoms with Gasteiger partial charge in [0.1, 0.15) is 0 Å². The first kappa shape index (κ1) is 19.3. The van der Waals surface area contributed by atoms with Gasteiger partial charge in [0.05, 0.1) is 11.3 Å². The predicted octanol–water partition coefficient (Wildman–Crippen LogP) is 3.44. The average molecular weight is 367 g/mol. The van der Waals surface area contributed by atoms with Crippen LogP contribution in [0.25, 0.3) is 6.08 Å². The van der Waals surface area contributed by atoms with Crippen LogP contribution in [-0.2, 0) is 4.79 Å². The summed E-state index contributed by atoms with van der Waals surface area (Å²) >= 11 is 5.11. The Morgan fingerprint density at radius 1 is 1.08 bits per heavy atom. The molecular formula is C20H21N3O2S. The molecule has 4 N–H and O–H groups in total. The van der Waals surface area contributed by atoms with E-state index in [0.717, 1.165) is 5.56 Å². The summed E-state index contributed by atoms with van der Waals surface area (Å²) in [6.07, 6.45) is 3.11. The maximum absolute atomic E-state index is 12.0. The molecule has 2 rings (SSSR count). The van der Waals surface area contributed by atoms with Crippen molar-refractivity contribution in [2.24, 2.45) is 5.73 Å².